The van der Waals surface area contributed by atoms with Crippen molar-refractivity contribution in [2.24, 2.45) is 0 Å². The Morgan fingerprint density at radius 2 is 0.571 bits per heavy atom. The molecule has 11 rings (SSSR count). The molecule has 1 heteroatoms. The standard InChI is InChI=1S/C62H43N/c1-3-18-44(19-4-1)56-32-11-12-33-61(56)62-59(47-20-5-2-6-21-47)36-17-37-60(62)48-38-40-51(41-39-48)63(52-28-13-26-49(42-52)57-34-15-24-45-22-7-9-30-54(45)57)53-29-14-27-50(43-53)58-35-16-25-46-23-8-10-31-55(46)58/h1-43H. The molecule has 0 aliphatic rings. The van der Waals surface area contributed by atoms with Crippen LogP contribution in [0, 0.1) is 0 Å². The first kappa shape index (κ1) is 37.7. The molecule has 0 N–H and O–H groups in total. The van der Waals surface area contributed by atoms with Crippen molar-refractivity contribution < 1.29 is 0 Å². The third-order valence-corrected chi connectivity index (χ3v) is 12.3. The second-order valence-corrected chi connectivity index (χ2v) is 16.0. The fourth-order valence-electron chi connectivity index (χ4n) is 9.33. The van der Waals surface area contributed by atoms with Crippen molar-refractivity contribution in [1.82, 2.24) is 0 Å². The van der Waals surface area contributed by atoms with Crippen LogP contribution in [0.4, 0.5) is 17.1 Å². The van der Waals surface area contributed by atoms with E-state index in [-0.39, 0.29) is 0 Å². The summed E-state index contributed by atoms with van der Waals surface area (Å²) in [5.41, 5.74) is 17.6. The number of hydrogen-bond donors (Lipinski definition) is 0. The van der Waals surface area contributed by atoms with E-state index in [0.717, 1.165) is 22.6 Å². The van der Waals surface area contributed by atoms with Crippen LogP contribution in [0.5, 0.6) is 0 Å². The summed E-state index contributed by atoms with van der Waals surface area (Å²) in [5, 5.41) is 4.96. The topological polar surface area (TPSA) is 3.24 Å². The summed E-state index contributed by atoms with van der Waals surface area (Å²) in [6.07, 6.45) is 0. The fourth-order valence-corrected chi connectivity index (χ4v) is 9.33. The average Bonchev–Trinajstić information content (AvgIpc) is 3.37. The van der Waals surface area contributed by atoms with Crippen molar-refractivity contribution in [1.29, 1.82) is 0 Å². The van der Waals surface area contributed by atoms with Crippen molar-refractivity contribution in [2.45, 2.75) is 0 Å². The number of nitrogens with zero attached hydrogens (tertiary/aromatic N) is 1. The molecule has 0 amide bonds. The van der Waals surface area contributed by atoms with Crippen LogP contribution >= 0.6 is 0 Å². The van der Waals surface area contributed by atoms with Gasteiger partial charge in [0.15, 0.2) is 0 Å². The largest absolute Gasteiger partial charge is 0.310 e. The SMILES string of the molecule is c1ccc(-c2ccccc2-c2c(-c3ccccc3)cccc2-c2ccc(N(c3cccc(-c4cccc5ccccc45)c3)c3cccc(-c4cccc5ccccc45)c3)cc2)cc1. The maximum absolute atomic E-state index is 2.40. The van der Waals surface area contributed by atoms with Gasteiger partial charge in [0, 0.05) is 17.1 Å². The quantitative estimate of drug-likeness (QED) is 0.141. The molecule has 0 heterocycles. The molecule has 0 saturated heterocycles. The number of fused-ring (bicyclic) bond motifs is 2. The third-order valence-electron chi connectivity index (χ3n) is 12.3. The summed E-state index contributed by atoms with van der Waals surface area (Å²) in [6.45, 7) is 0. The molecule has 0 aliphatic carbocycles. The molecule has 0 saturated carbocycles. The minimum Gasteiger partial charge on any atom is -0.310 e. The molecule has 63 heavy (non-hydrogen) atoms. The smallest absolute Gasteiger partial charge is 0.0467 e. The molecule has 0 aliphatic heterocycles. The Bertz CT molecular complexity index is 3250. The average molecular weight is 802 g/mol. The monoisotopic (exact) mass is 801 g/mol. The van der Waals surface area contributed by atoms with Gasteiger partial charge >= 0.3 is 0 Å². The zero-order valence-electron chi connectivity index (χ0n) is 34.8. The summed E-state index contributed by atoms with van der Waals surface area (Å²) in [7, 11) is 0. The van der Waals surface area contributed by atoms with Gasteiger partial charge in [-0.3, -0.25) is 0 Å². The zero-order valence-corrected chi connectivity index (χ0v) is 34.8. The van der Waals surface area contributed by atoms with Gasteiger partial charge in [0.2, 0.25) is 0 Å². The summed E-state index contributed by atoms with van der Waals surface area (Å²) in [5.74, 6) is 0. The van der Waals surface area contributed by atoms with Crippen molar-refractivity contribution in [3.05, 3.63) is 261 Å². The van der Waals surface area contributed by atoms with Crippen molar-refractivity contribution in [3.63, 3.8) is 0 Å². The maximum Gasteiger partial charge on any atom is 0.0467 e. The van der Waals surface area contributed by atoms with Crippen LogP contribution < -0.4 is 4.90 Å². The lowest BCUT2D eigenvalue weighted by atomic mass is 9.84. The van der Waals surface area contributed by atoms with E-state index in [2.05, 4.69) is 266 Å². The Kier molecular flexibility index (Phi) is 9.97. The van der Waals surface area contributed by atoms with Crippen LogP contribution in [0.15, 0.2) is 261 Å². The van der Waals surface area contributed by atoms with E-state index in [1.54, 1.807) is 0 Å². The summed E-state index contributed by atoms with van der Waals surface area (Å²) < 4.78 is 0. The Balaban J connectivity index is 1.08. The van der Waals surface area contributed by atoms with Crippen molar-refractivity contribution >= 4 is 38.6 Å². The van der Waals surface area contributed by atoms with Gasteiger partial charge in [-0.2, -0.15) is 0 Å². The summed E-state index contributed by atoms with van der Waals surface area (Å²) >= 11 is 0. The molecule has 0 spiro atoms. The van der Waals surface area contributed by atoms with E-state index >= 15 is 0 Å². The zero-order chi connectivity index (χ0) is 42.0. The van der Waals surface area contributed by atoms with E-state index < -0.39 is 0 Å². The molecule has 0 aromatic heterocycles. The predicted molar refractivity (Wildman–Crippen MR) is 269 cm³/mol. The van der Waals surface area contributed by atoms with E-state index in [9.17, 15) is 0 Å². The normalized spacial score (nSPS) is 11.2. The highest BCUT2D eigenvalue weighted by atomic mass is 15.1. The molecule has 0 fully saturated rings. The lowest BCUT2D eigenvalue weighted by molar-refractivity contribution is 1.28. The van der Waals surface area contributed by atoms with Gasteiger partial charge in [-0.15, -0.1) is 0 Å². The number of hydrogen-bond acceptors (Lipinski definition) is 1. The van der Waals surface area contributed by atoms with Gasteiger partial charge in [0.1, 0.15) is 0 Å². The first-order valence-electron chi connectivity index (χ1n) is 21.7. The lowest BCUT2D eigenvalue weighted by Gasteiger charge is -2.27. The van der Waals surface area contributed by atoms with Crippen molar-refractivity contribution in [3.8, 4) is 66.8 Å². The summed E-state index contributed by atoms with van der Waals surface area (Å²) in [4.78, 5) is 2.40. The minimum atomic E-state index is 1.08. The van der Waals surface area contributed by atoms with Gasteiger partial charge in [0.05, 0.1) is 0 Å². The molecule has 0 unspecified atom stereocenters. The third kappa shape index (κ3) is 7.26. The van der Waals surface area contributed by atoms with Crippen LogP contribution in [-0.2, 0) is 0 Å². The highest BCUT2D eigenvalue weighted by Crippen LogP contribution is 2.46. The molecule has 11 aromatic carbocycles. The predicted octanol–water partition coefficient (Wildman–Crippen LogP) is 17.5. The van der Waals surface area contributed by atoms with Crippen LogP contribution in [0.2, 0.25) is 0 Å². The Hall–Kier alpha value is -8.26. The van der Waals surface area contributed by atoms with Gasteiger partial charge in [-0.05, 0) is 125 Å². The first-order valence-corrected chi connectivity index (χ1v) is 21.7. The molecule has 0 radical (unpaired) electrons. The maximum atomic E-state index is 2.40. The van der Waals surface area contributed by atoms with Gasteiger partial charge in [0.25, 0.3) is 0 Å². The highest BCUT2D eigenvalue weighted by Gasteiger charge is 2.20. The van der Waals surface area contributed by atoms with Crippen LogP contribution in [0.25, 0.3) is 88.3 Å². The highest BCUT2D eigenvalue weighted by molar-refractivity contribution is 6.01. The van der Waals surface area contributed by atoms with Gasteiger partial charge in [-0.25, -0.2) is 0 Å². The molecule has 0 bridgehead atoms. The van der Waals surface area contributed by atoms with Crippen LogP contribution in [0.3, 0.4) is 0 Å². The first-order chi connectivity index (χ1) is 31.3. The second kappa shape index (κ2) is 16.7. The lowest BCUT2D eigenvalue weighted by Crippen LogP contribution is -2.10. The van der Waals surface area contributed by atoms with E-state index in [1.165, 1.54) is 82.7 Å². The fraction of sp³-hybridized carbons (Fsp3) is 0. The van der Waals surface area contributed by atoms with Gasteiger partial charge < -0.3 is 4.90 Å². The summed E-state index contributed by atoms with van der Waals surface area (Å²) in [6, 6.07) is 94.7. The minimum absolute atomic E-state index is 1.08. The second-order valence-electron chi connectivity index (χ2n) is 16.0. The van der Waals surface area contributed by atoms with Gasteiger partial charge in [-0.1, -0.05) is 224 Å². The molecule has 296 valence electrons. The number of rotatable bonds is 9. The Morgan fingerprint density at radius 3 is 1.13 bits per heavy atom. The molecule has 0 atom stereocenters. The van der Waals surface area contributed by atoms with Crippen LogP contribution in [-0.4, -0.2) is 0 Å². The van der Waals surface area contributed by atoms with E-state index in [4.69, 9.17) is 0 Å². The molecular weight excluding hydrogens is 759 g/mol. The Morgan fingerprint density at radius 1 is 0.206 bits per heavy atom. The molecular formula is C62H43N. The number of benzene rings is 11. The van der Waals surface area contributed by atoms with E-state index in [1.807, 2.05) is 0 Å². The van der Waals surface area contributed by atoms with Crippen LogP contribution in [0.1, 0.15) is 0 Å². The Labute approximate surface area is 369 Å². The van der Waals surface area contributed by atoms with Crippen molar-refractivity contribution in [2.75, 3.05) is 4.90 Å². The number of anilines is 3. The molecule has 11 aromatic rings. The molecule has 1 nitrogen and oxygen atoms in total. The van der Waals surface area contributed by atoms with E-state index in [0.29, 0.717) is 0 Å².